The van der Waals surface area contributed by atoms with E-state index in [9.17, 15) is 18.0 Å². The molecule has 0 fully saturated rings. The number of esters is 1. The molecule has 0 heterocycles. The van der Waals surface area contributed by atoms with E-state index in [1.807, 2.05) is 0 Å². The average Bonchev–Trinajstić information content (AvgIpc) is 2.58. The van der Waals surface area contributed by atoms with E-state index in [1.165, 1.54) is 43.3 Å². The van der Waals surface area contributed by atoms with Crippen LogP contribution < -0.4 is 0 Å². The van der Waals surface area contributed by atoms with Gasteiger partial charge in [0.2, 0.25) is 10.0 Å². The lowest BCUT2D eigenvalue weighted by atomic mass is 10.2. The van der Waals surface area contributed by atoms with Crippen molar-refractivity contribution in [3.05, 3.63) is 42.5 Å². The third kappa shape index (κ3) is 5.68. The standard InChI is InChI=1S/C17H24N2O5S/c1-5-12-19(13-11-16(20)24-6-2)17(21)14-7-9-15(10-8-14)25(22,23)18(3)4/h5,7-10H,1,6,11-13H2,2-4H3. The van der Waals surface area contributed by atoms with Crippen LogP contribution >= 0.6 is 0 Å². The van der Waals surface area contributed by atoms with Gasteiger partial charge in [-0.3, -0.25) is 9.59 Å². The highest BCUT2D eigenvalue weighted by Crippen LogP contribution is 2.15. The molecule has 25 heavy (non-hydrogen) atoms. The topological polar surface area (TPSA) is 84.0 Å². The van der Waals surface area contributed by atoms with Gasteiger partial charge in [0.1, 0.15) is 0 Å². The number of amides is 1. The molecule has 1 aromatic carbocycles. The SMILES string of the molecule is C=CCN(CCC(=O)OCC)C(=O)c1ccc(S(=O)(=O)N(C)C)cc1. The second-order valence-electron chi connectivity index (χ2n) is 5.41. The zero-order valence-corrected chi connectivity index (χ0v) is 15.6. The average molecular weight is 368 g/mol. The monoisotopic (exact) mass is 368 g/mol. The molecule has 1 aromatic rings. The largest absolute Gasteiger partial charge is 0.466 e. The molecule has 0 radical (unpaired) electrons. The maximum absolute atomic E-state index is 12.6. The van der Waals surface area contributed by atoms with Gasteiger partial charge in [-0.25, -0.2) is 12.7 Å². The molecule has 0 saturated carbocycles. The molecule has 0 atom stereocenters. The van der Waals surface area contributed by atoms with Crippen LogP contribution in [-0.4, -0.2) is 63.3 Å². The highest BCUT2D eigenvalue weighted by Gasteiger charge is 2.20. The molecule has 8 heteroatoms. The summed E-state index contributed by atoms with van der Waals surface area (Å²) in [7, 11) is -0.666. The van der Waals surface area contributed by atoms with Gasteiger partial charge in [0.25, 0.3) is 5.91 Å². The fourth-order valence-corrected chi connectivity index (χ4v) is 2.96. The van der Waals surface area contributed by atoms with Crippen molar-refractivity contribution in [1.29, 1.82) is 0 Å². The summed E-state index contributed by atoms with van der Waals surface area (Å²) in [5.74, 6) is -0.685. The van der Waals surface area contributed by atoms with Crippen LogP contribution in [0.1, 0.15) is 23.7 Å². The molecule has 7 nitrogen and oxygen atoms in total. The van der Waals surface area contributed by atoms with Crippen LogP contribution in [0.5, 0.6) is 0 Å². The summed E-state index contributed by atoms with van der Waals surface area (Å²) in [6.45, 7) is 6.08. The smallest absolute Gasteiger partial charge is 0.307 e. The summed E-state index contributed by atoms with van der Waals surface area (Å²) in [5, 5.41) is 0. The minimum absolute atomic E-state index is 0.0838. The third-order valence-electron chi connectivity index (χ3n) is 3.41. The first-order chi connectivity index (χ1) is 11.7. The summed E-state index contributed by atoms with van der Waals surface area (Å²) < 4.78 is 30.1. The summed E-state index contributed by atoms with van der Waals surface area (Å²) in [4.78, 5) is 25.6. The van der Waals surface area contributed by atoms with Gasteiger partial charge in [-0.1, -0.05) is 6.08 Å². The Balaban J connectivity index is 2.91. The van der Waals surface area contributed by atoms with Crippen LogP contribution in [0.15, 0.2) is 41.8 Å². The van der Waals surface area contributed by atoms with E-state index in [2.05, 4.69) is 6.58 Å². The van der Waals surface area contributed by atoms with Crippen LogP contribution in [0.25, 0.3) is 0 Å². The van der Waals surface area contributed by atoms with Gasteiger partial charge in [0.05, 0.1) is 17.9 Å². The van der Waals surface area contributed by atoms with Crippen molar-refractivity contribution in [3.8, 4) is 0 Å². The van der Waals surface area contributed by atoms with Gasteiger partial charge in [0.15, 0.2) is 0 Å². The van der Waals surface area contributed by atoms with E-state index in [-0.39, 0.29) is 42.9 Å². The predicted molar refractivity (Wildman–Crippen MR) is 94.7 cm³/mol. The van der Waals surface area contributed by atoms with Gasteiger partial charge < -0.3 is 9.64 Å². The molecule has 0 aliphatic rings. The van der Waals surface area contributed by atoms with Crippen molar-refractivity contribution in [3.63, 3.8) is 0 Å². The Labute approximate surface area is 148 Å². The fraction of sp³-hybridized carbons (Fsp3) is 0.412. The number of hydrogen-bond donors (Lipinski definition) is 0. The number of carbonyl (C=O) groups excluding carboxylic acids is 2. The Kier molecular flexibility index (Phi) is 7.79. The highest BCUT2D eigenvalue weighted by molar-refractivity contribution is 7.89. The van der Waals surface area contributed by atoms with Gasteiger partial charge >= 0.3 is 5.97 Å². The predicted octanol–water partition coefficient (Wildman–Crippen LogP) is 1.52. The molecular formula is C17H24N2O5S. The van der Waals surface area contributed by atoms with Crippen molar-refractivity contribution < 1.29 is 22.7 Å². The van der Waals surface area contributed by atoms with Crippen LogP contribution in [0.3, 0.4) is 0 Å². The van der Waals surface area contributed by atoms with Crippen LogP contribution in [-0.2, 0) is 19.6 Å². The highest BCUT2D eigenvalue weighted by atomic mass is 32.2. The number of nitrogens with zero attached hydrogens (tertiary/aromatic N) is 2. The molecule has 0 spiro atoms. The summed E-state index contributed by atoms with van der Waals surface area (Å²) in [5.41, 5.74) is 0.336. The lowest BCUT2D eigenvalue weighted by molar-refractivity contribution is -0.143. The van der Waals surface area contributed by atoms with E-state index < -0.39 is 10.0 Å². The Morgan fingerprint density at radius 2 is 1.80 bits per heavy atom. The second kappa shape index (κ2) is 9.33. The van der Waals surface area contributed by atoms with Crippen molar-refractivity contribution >= 4 is 21.9 Å². The normalized spacial score (nSPS) is 11.2. The molecule has 1 rings (SSSR count). The molecule has 0 N–H and O–H groups in total. The number of ether oxygens (including phenoxy) is 1. The minimum atomic E-state index is -3.55. The zero-order valence-electron chi connectivity index (χ0n) is 14.8. The van der Waals surface area contributed by atoms with Gasteiger partial charge in [-0.05, 0) is 31.2 Å². The molecule has 1 amide bonds. The second-order valence-corrected chi connectivity index (χ2v) is 7.56. The van der Waals surface area contributed by atoms with E-state index in [0.717, 1.165) is 4.31 Å². The van der Waals surface area contributed by atoms with E-state index >= 15 is 0 Å². The molecule has 0 aromatic heterocycles. The Morgan fingerprint density at radius 1 is 1.20 bits per heavy atom. The van der Waals surface area contributed by atoms with Crippen molar-refractivity contribution in [1.82, 2.24) is 9.21 Å². The van der Waals surface area contributed by atoms with Gasteiger partial charge in [-0.2, -0.15) is 0 Å². The molecular weight excluding hydrogens is 344 g/mol. The van der Waals surface area contributed by atoms with Crippen molar-refractivity contribution in [2.75, 3.05) is 33.8 Å². The summed E-state index contributed by atoms with van der Waals surface area (Å²) >= 11 is 0. The van der Waals surface area contributed by atoms with E-state index in [4.69, 9.17) is 4.74 Å². The summed E-state index contributed by atoms with van der Waals surface area (Å²) in [6, 6.07) is 5.69. The lowest BCUT2D eigenvalue weighted by Crippen LogP contribution is -2.33. The van der Waals surface area contributed by atoms with Crippen molar-refractivity contribution in [2.45, 2.75) is 18.2 Å². The number of benzene rings is 1. The molecule has 0 unspecified atom stereocenters. The number of sulfonamides is 1. The zero-order chi connectivity index (χ0) is 19.0. The number of hydrogen-bond acceptors (Lipinski definition) is 5. The molecule has 0 bridgehead atoms. The van der Waals surface area contributed by atoms with Crippen LogP contribution in [0.2, 0.25) is 0 Å². The lowest BCUT2D eigenvalue weighted by Gasteiger charge is -2.21. The quantitative estimate of drug-likeness (QED) is 0.487. The van der Waals surface area contributed by atoms with Gasteiger partial charge in [-0.15, -0.1) is 6.58 Å². The van der Waals surface area contributed by atoms with Gasteiger partial charge in [0, 0.05) is 32.7 Å². The Hall–Kier alpha value is -2.19. The number of carbonyl (C=O) groups is 2. The molecule has 0 aliphatic carbocycles. The van der Waals surface area contributed by atoms with E-state index in [0.29, 0.717) is 5.56 Å². The van der Waals surface area contributed by atoms with Crippen LogP contribution in [0.4, 0.5) is 0 Å². The Morgan fingerprint density at radius 3 is 2.28 bits per heavy atom. The van der Waals surface area contributed by atoms with Crippen molar-refractivity contribution in [2.24, 2.45) is 0 Å². The van der Waals surface area contributed by atoms with E-state index in [1.54, 1.807) is 13.0 Å². The minimum Gasteiger partial charge on any atom is -0.466 e. The molecule has 138 valence electrons. The fourth-order valence-electron chi connectivity index (χ4n) is 2.05. The van der Waals surface area contributed by atoms with Crippen LogP contribution in [0, 0.1) is 0 Å². The first-order valence-corrected chi connectivity index (χ1v) is 9.26. The first kappa shape index (κ1) is 20.9. The number of rotatable bonds is 9. The third-order valence-corrected chi connectivity index (χ3v) is 5.24. The first-order valence-electron chi connectivity index (χ1n) is 7.82. The molecule has 0 aliphatic heterocycles. The summed E-state index contributed by atoms with van der Waals surface area (Å²) in [6.07, 6.45) is 1.65. The maximum Gasteiger partial charge on any atom is 0.307 e. The molecule has 0 saturated heterocycles. The Bertz CT molecular complexity index is 711. The maximum atomic E-state index is 12.6.